The Labute approximate surface area is 100 Å². The van der Waals surface area contributed by atoms with Gasteiger partial charge in [0.05, 0.1) is 0 Å². The van der Waals surface area contributed by atoms with E-state index in [4.69, 9.17) is 5.73 Å². The van der Waals surface area contributed by atoms with Gasteiger partial charge in [0, 0.05) is 24.7 Å². The lowest BCUT2D eigenvalue weighted by atomic mass is 9.75. The highest BCUT2D eigenvalue weighted by atomic mass is 19.1. The van der Waals surface area contributed by atoms with Crippen LogP contribution in [-0.4, -0.2) is 18.5 Å². The van der Waals surface area contributed by atoms with Crippen LogP contribution >= 0.6 is 0 Å². The first-order chi connectivity index (χ1) is 8.00. The number of carbonyl (C=O) groups excluding carboxylic acids is 1. The molecule has 0 unspecified atom stereocenters. The third kappa shape index (κ3) is 2.64. The SMILES string of the molecule is CN(C(=O)CC1(N)CCC1)c1cccc(F)c1. The Kier molecular flexibility index (Phi) is 3.15. The zero-order valence-electron chi connectivity index (χ0n) is 9.95. The highest BCUT2D eigenvalue weighted by molar-refractivity contribution is 5.93. The van der Waals surface area contributed by atoms with Crippen molar-refractivity contribution in [2.24, 2.45) is 5.73 Å². The predicted molar refractivity (Wildman–Crippen MR) is 65.2 cm³/mol. The summed E-state index contributed by atoms with van der Waals surface area (Å²) >= 11 is 0. The van der Waals surface area contributed by atoms with Gasteiger partial charge < -0.3 is 10.6 Å². The lowest BCUT2D eigenvalue weighted by molar-refractivity contribution is -0.120. The van der Waals surface area contributed by atoms with Gasteiger partial charge in [-0.05, 0) is 37.5 Å². The van der Waals surface area contributed by atoms with E-state index in [0.29, 0.717) is 12.1 Å². The Hall–Kier alpha value is -1.42. The summed E-state index contributed by atoms with van der Waals surface area (Å²) in [4.78, 5) is 13.5. The van der Waals surface area contributed by atoms with Crippen LogP contribution in [0, 0.1) is 5.82 Å². The normalized spacial score (nSPS) is 17.4. The molecule has 1 aliphatic carbocycles. The molecular formula is C13H17FN2O. The van der Waals surface area contributed by atoms with Crippen molar-refractivity contribution in [3.8, 4) is 0 Å². The molecular weight excluding hydrogens is 219 g/mol. The number of hydrogen-bond donors (Lipinski definition) is 1. The first kappa shape index (κ1) is 12.0. The molecule has 0 saturated heterocycles. The van der Waals surface area contributed by atoms with Crippen molar-refractivity contribution in [1.82, 2.24) is 0 Å². The van der Waals surface area contributed by atoms with Crippen LogP contribution in [0.5, 0.6) is 0 Å². The molecule has 1 amide bonds. The van der Waals surface area contributed by atoms with E-state index in [1.807, 2.05) is 0 Å². The van der Waals surface area contributed by atoms with E-state index in [1.54, 1.807) is 19.2 Å². The molecule has 92 valence electrons. The van der Waals surface area contributed by atoms with E-state index >= 15 is 0 Å². The number of halogens is 1. The van der Waals surface area contributed by atoms with E-state index in [9.17, 15) is 9.18 Å². The molecule has 1 fully saturated rings. The standard InChI is InChI=1S/C13H17FN2O/c1-16(11-5-2-4-10(14)8-11)12(17)9-13(15)6-3-7-13/h2,4-5,8H,3,6-7,9,15H2,1H3. The van der Waals surface area contributed by atoms with Crippen LogP contribution < -0.4 is 10.6 Å². The van der Waals surface area contributed by atoms with Gasteiger partial charge in [-0.1, -0.05) is 6.07 Å². The van der Waals surface area contributed by atoms with Crippen LogP contribution in [0.3, 0.4) is 0 Å². The van der Waals surface area contributed by atoms with Gasteiger partial charge >= 0.3 is 0 Å². The molecule has 0 bridgehead atoms. The quantitative estimate of drug-likeness (QED) is 0.873. The molecule has 3 nitrogen and oxygen atoms in total. The van der Waals surface area contributed by atoms with Crippen molar-refractivity contribution in [2.45, 2.75) is 31.2 Å². The van der Waals surface area contributed by atoms with Crippen molar-refractivity contribution >= 4 is 11.6 Å². The zero-order valence-corrected chi connectivity index (χ0v) is 9.95. The van der Waals surface area contributed by atoms with Gasteiger partial charge in [-0.3, -0.25) is 4.79 Å². The minimum absolute atomic E-state index is 0.0576. The molecule has 1 aromatic rings. The monoisotopic (exact) mass is 236 g/mol. The minimum atomic E-state index is -0.340. The average Bonchev–Trinajstić information content (AvgIpc) is 2.26. The summed E-state index contributed by atoms with van der Waals surface area (Å²) < 4.78 is 13.0. The van der Waals surface area contributed by atoms with E-state index in [2.05, 4.69) is 0 Å². The van der Waals surface area contributed by atoms with Crippen LogP contribution in [0.1, 0.15) is 25.7 Å². The van der Waals surface area contributed by atoms with Gasteiger partial charge in [0.25, 0.3) is 0 Å². The maximum atomic E-state index is 13.0. The number of nitrogens with zero attached hydrogens (tertiary/aromatic N) is 1. The second kappa shape index (κ2) is 4.45. The average molecular weight is 236 g/mol. The Balaban J connectivity index is 2.04. The van der Waals surface area contributed by atoms with Crippen molar-refractivity contribution in [1.29, 1.82) is 0 Å². The van der Waals surface area contributed by atoms with Crippen LogP contribution in [0.15, 0.2) is 24.3 Å². The molecule has 0 heterocycles. The van der Waals surface area contributed by atoms with Crippen molar-refractivity contribution in [2.75, 3.05) is 11.9 Å². The fourth-order valence-electron chi connectivity index (χ4n) is 2.06. The smallest absolute Gasteiger partial charge is 0.228 e. The number of anilines is 1. The van der Waals surface area contributed by atoms with Gasteiger partial charge in [0.1, 0.15) is 5.82 Å². The molecule has 1 aliphatic rings. The van der Waals surface area contributed by atoms with E-state index < -0.39 is 0 Å². The van der Waals surface area contributed by atoms with Crippen molar-refractivity contribution < 1.29 is 9.18 Å². The van der Waals surface area contributed by atoms with Crippen LogP contribution in [0.4, 0.5) is 10.1 Å². The zero-order chi connectivity index (χ0) is 12.5. The molecule has 1 saturated carbocycles. The number of nitrogens with two attached hydrogens (primary N) is 1. The first-order valence-corrected chi connectivity index (χ1v) is 5.81. The maximum absolute atomic E-state index is 13.0. The molecule has 0 radical (unpaired) electrons. The molecule has 0 atom stereocenters. The topological polar surface area (TPSA) is 46.3 Å². The Bertz CT molecular complexity index is 429. The Morgan fingerprint density at radius 2 is 2.24 bits per heavy atom. The summed E-state index contributed by atoms with van der Waals surface area (Å²) in [6.07, 6.45) is 3.22. The summed E-state index contributed by atoms with van der Waals surface area (Å²) in [7, 11) is 1.65. The predicted octanol–water partition coefficient (Wildman–Crippen LogP) is 2.06. The second-order valence-corrected chi connectivity index (χ2v) is 4.83. The maximum Gasteiger partial charge on any atom is 0.228 e. The molecule has 0 aromatic heterocycles. The number of carbonyl (C=O) groups is 1. The molecule has 0 aliphatic heterocycles. The number of hydrogen-bond acceptors (Lipinski definition) is 2. The van der Waals surface area contributed by atoms with Crippen molar-refractivity contribution in [3.05, 3.63) is 30.1 Å². The fraction of sp³-hybridized carbons (Fsp3) is 0.462. The van der Waals surface area contributed by atoms with Crippen LogP contribution in [0.2, 0.25) is 0 Å². The second-order valence-electron chi connectivity index (χ2n) is 4.83. The van der Waals surface area contributed by atoms with Gasteiger partial charge in [-0.15, -0.1) is 0 Å². The highest BCUT2D eigenvalue weighted by Crippen LogP contribution is 2.33. The number of rotatable bonds is 3. The molecule has 2 N–H and O–H groups in total. The largest absolute Gasteiger partial charge is 0.325 e. The third-order valence-electron chi connectivity index (χ3n) is 3.42. The van der Waals surface area contributed by atoms with Gasteiger partial charge in [0.15, 0.2) is 0 Å². The van der Waals surface area contributed by atoms with E-state index in [-0.39, 0.29) is 17.3 Å². The Morgan fingerprint density at radius 3 is 2.76 bits per heavy atom. The lowest BCUT2D eigenvalue weighted by Gasteiger charge is -2.38. The minimum Gasteiger partial charge on any atom is -0.325 e. The summed E-state index contributed by atoms with van der Waals surface area (Å²) in [5.74, 6) is -0.397. The molecule has 4 heteroatoms. The molecule has 0 spiro atoms. The fourth-order valence-corrected chi connectivity index (χ4v) is 2.06. The van der Waals surface area contributed by atoms with E-state index in [0.717, 1.165) is 19.3 Å². The van der Waals surface area contributed by atoms with E-state index in [1.165, 1.54) is 17.0 Å². The van der Waals surface area contributed by atoms with Crippen LogP contribution in [0.25, 0.3) is 0 Å². The summed E-state index contributed by atoms with van der Waals surface area (Å²) in [5.41, 5.74) is 6.26. The van der Waals surface area contributed by atoms with Gasteiger partial charge in [-0.2, -0.15) is 0 Å². The van der Waals surface area contributed by atoms with Crippen molar-refractivity contribution in [3.63, 3.8) is 0 Å². The number of amides is 1. The Morgan fingerprint density at radius 1 is 1.53 bits per heavy atom. The first-order valence-electron chi connectivity index (χ1n) is 5.81. The lowest BCUT2D eigenvalue weighted by Crippen LogP contribution is -2.50. The summed E-state index contributed by atoms with van der Waals surface area (Å²) in [6.45, 7) is 0. The molecule has 17 heavy (non-hydrogen) atoms. The molecule has 1 aromatic carbocycles. The van der Waals surface area contributed by atoms with Gasteiger partial charge in [-0.25, -0.2) is 4.39 Å². The summed E-state index contributed by atoms with van der Waals surface area (Å²) in [6, 6.07) is 6.01. The van der Waals surface area contributed by atoms with Gasteiger partial charge in [0.2, 0.25) is 5.91 Å². The summed E-state index contributed by atoms with van der Waals surface area (Å²) in [5, 5.41) is 0. The number of benzene rings is 1. The molecule has 2 rings (SSSR count). The highest BCUT2D eigenvalue weighted by Gasteiger charge is 2.35. The van der Waals surface area contributed by atoms with Crippen LogP contribution in [-0.2, 0) is 4.79 Å². The third-order valence-corrected chi connectivity index (χ3v) is 3.42.